The minimum Gasteiger partial charge on any atom is -0.383 e. The van der Waals surface area contributed by atoms with Crippen LogP contribution in [-0.2, 0) is 19.5 Å². The van der Waals surface area contributed by atoms with E-state index in [0.717, 1.165) is 11.9 Å². The molecule has 0 bridgehead atoms. The summed E-state index contributed by atoms with van der Waals surface area (Å²) in [5, 5.41) is 3.16. The highest BCUT2D eigenvalue weighted by Gasteiger charge is 2.02. The second-order valence-electron chi connectivity index (χ2n) is 4.19. The fourth-order valence-corrected chi connectivity index (χ4v) is 2.09. The minimum atomic E-state index is -3.25. The van der Waals surface area contributed by atoms with Crippen LogP contribution in [0.25, 0.3) is 0 Å². The van der Waals surface area contributed by atoms with Crippen molar-refractivity contribution in [3.63, 3.8) is 0 Å². The van der Waals surface area contributed by atoms with Crippen LogP contribution in [0.15, 0.2) is 24.3 Å². The Hall–Kier alpha value is -1.31. The van der Waals surface area contributed by atoms with Crippen LogP contribution in [-0.4, -0.2) is 47.6 Å². The van der Waals surface area contributed by atoms with Crippen molar-refractivity contribution < 1.29 is 17.9 Å². The van der Waals surface area contributed by atoms with Crippen LogP contribution < -0.4 is 10.0 Å². The first-order chi connectivity index (χ1) is 9.51. The second kappa shape index (κ2) is 8.78. The van der Waals surface area contributed by atoms with Crippen molar-refractivity contribution in [2.75, 3.05) is 49.3 Å². The highest BCUT2D eigenvalue weighted by Crippen LogP contribution is 2.15. The molecular weight excluding hydrogens is 280 g/mol. The number of benzene rings is 1. The quantitative estimate of drug-likeness (QED) is 0.641. The molecule has 0 aliphatic rings. The zero-order valence-corrected chi connectivity index (χ0v) is 12.7. The predicted molar refractivity (Wildman–Crippen MR) is 80.7 cm³/mol. The lowest BCUT2D eigenvalue weighted by Gasteiger charge is -2.09. The summed E-state index contributed by atoms with van der Waals surface area (Å²) in [4.78, 5) is 0. The van der Waals surface area contributed by atoms with Crippen molar-refractivity contribution >= 4 is 21.4 Å². The zero-order chi connectivity index (χ0) is 14.8. The lowest BCUT2D eigenvalue weighted by atomic mass is 10.3. The summed E-state index contributed by atoms with van der Waals surface area (Å²) in [6.07, 6.45) is 1.12. The van der Waals surface area contributed by atoms with Crippen LogP contribution in [0.1, 0.15) is 6.92 Å². The molecule has 2 N–H and O–H groups in total. The average Bonchev–Trinajstić information content (AvgIpc) is 2.36. The first-order valence-corrected chi connectivity index (χ1v) is 8.37. The number of hydrogen-bond donors (Lipinski definition) is 2. The third kappa shape index (κ3) is 7.98. The predicted octanol–water partition coefficient (Wildman–Crippen LogP) is 1.52. The molecule has 20 heavy (non-hydrogen) atoms. The van der Waals surface area contributed by atoms with Crippen LogP contribution in [0.2, 0.25) is 0 Å². The van der Waals surface area contributed by atoms with Gasteiger partial charge in [0.15, 0.2) is 0 Å². The highest BCUT2D eigenvalue weighted by molar-refractivity contribution is 7.92. The van der Waals surface area contributed by atoms with E-state index in [0.29, 0.717) is 38.7 Å². The smallest absolute Gasteiger partial charge is 0.229 e. The summed E-state index contributed by atoms with van der Waals surface area (Å²) in [5.41, 5.74) is 1.38. The molecule has 1 aromatic rings. The van der Waals surface area contributed by atoms with Gasteiger partial charge in [0.25, 0.3) is 0 Å². The maximum atomic E-state index is 11.1. The summed E-state index contributed by atoms with van der Waals surface area (Å²) in [6, 6.07) is 7.09. The Morgan fingerprint density at radius 3 is 2.50 bits per heavy atom. The topological polar surface area (TPSA) is 76.7 Å². The first kappa shape index (κ1) is 16.7. The molecular formula is C13H22N2O4S. The van der Waals surface area contributed by atoms with E-state index >= 15 is 0 Å². The number of sulfonamides is 1. The molecule has 0 saturated carbocycles. The van der Waals surface area contributed by atoms with Crippen LogP contribution in [0, 0.1) is 0 Å². The molecule has 0 radical (unpaired) electrons. The molecule has 0 saturated heterocycles. The van der Waals surface area contributed by atoms with Gasteiger partial charge in [-0.25, -0.2) is 8.42 Å². The van der Waals surface area contributed by atoms with Crippen LogP contribution in [0.4, 0.5) is 11.4 Å². The lowest BCUT2D eigenvalue weighted by Crippen LogP contribution is -2.13. The minimum absolute atomic E-state index is 0.537. The fraction of sp³-hybridized carbons (Fsp3) is 0.538. The Kier molecular flexibility index (Phi) is 7.35. The van der Waals surface area contributed by atoms with E-state index < -0.39 is 10.0 Å². The summed E-state index contributed by atoms with van der Waals surface area (Å²) in [5.74, 6) is 0. The van der Waals surface area contributed by atoms with Gasteiger partial charge in [0.2, 0.25) is 10.0 Å². The van der Waals surface area contributed by atoms with Gasteiger partial charge in [-0.2, -0.15) is 0 Å². The molecule has 114 valence electrons. The molecule has 0 aromatic heterocycles. The van der Waals surface area contributed by atoms with Crippen molar-refractivity contribution in [2.45, 2.75) is 6.92 Å². The number of anilines is 2. The van der Waals surface area contributed by atoms with Crippen molar-refractivity contribution in [1.82, 2.24) is 0 Å². The largest absolute Gasteiger partial charge is 0.383 e. The SMILES string of the molecule is CCOCCOCCNc1cccc(NS(C)(=O)=O)c1. The van der Waals surface area contributed by atoms with E-state index in [4.69, 9.17) is 9.47 Å². The monoisotopic (exact) mass is 302 g/mol. The van der Waals surface area contributed by atoms with Gasteiger partial charge in [-0.3, -0.25) is 4.72 Å². The standard InChI is InChI=1S/C13H22N2O4S/c1-3-18-9-10-19-8-7-14-12-5-4-6-13(11-12)15-20(2,16)17/h4-6,11,14-15H,3,7-10H2,1-2H3. The van der Waals surface area contributed by atoms with Gasteiger partial charge in [0.1, 0.15) is 0 Å². The van der Waals surface area contributed by atoms with Crippen molar-refractivity contribution in [3.8, 4) is 0 Å². The average molecular weight is 302 g/mol. The first-order valence-electron chi connectivity index (χ1n) is 6.48. The van der Waals surface area contributed by atoms with Crippen LogP contribution in [0.5, 0.6) is 0 Å². The maximum absolute atomic E-state index is 11.1. The van der Waals surface area contributed by atoms with E-state index in [1.54, 1.807) is 18.2 Å². The zero-order valence-electron chi connectivity index (χ0n) is 11.9. The van der Waals surface area contributed by atoms with Crippen molar-refractivity contribution in [1.29, 1.82) is 0 Å². The van der Waals surface area contributed by atoms with E-state index in [-0.39, 0.29) is 0 Å². The number of nitrogens with one attached hydrogen (secondary N) is 2. The van der Waals surface area contributed by atoms with E-state index in [1.165, 1.54) is 0 Å². The molecule has 0 fully saturated rings. The molecule has 0 spiro atoms. The Bertz CT molecular complexity index is 491. The van der Waals surface area contributed by atoms with Crippen molar-refractivity contribution in [3.05, 3.63) is 24.3 Å². The third-order valence-corrected chi connectivity index (χ3v) is 2.92. The molecule has 7 heteroatoms. The van der Waals surface area contributed by atoms with Gasteiger partial charge < -0.3 is 14.8 Å². The number of ether oxygens (including phenoxy) is 2. The maximum Gasteiger partial charge on any atom is 0.229 e. The summed E-state index contributed by atoms with van der Waals surface area (Å²) in [6.45, 7) is 5.03. The van der Waals surface area contributed by atoms with Gasteiger partial charge in [-0.15, -0.1) is 0 Å². The summed E-state index contributed by atoms with van der Waals surface area (Å²) in [7, 11) is -3.25. The Balaban J connectivity index is 2.28. The molecule has 1 rings (SSSR count). The third-order valence-electron chi connectivity index (χ3n) is 2.32. The van der Waals surface area contributed by atoms with Crippen LogP contribution >= 0.6 is 0 Å². The van der Waals surface area contributed by atoms with Gasteiger partial charge >= 0.3 is 0 Å². The molecule has 0 unspecified atom stereocenters. The van der Waals surface area contributed by atoms with E-state index in [9.17, 15) is 8.42 Å². The van der Waals surface area contributed by atoms with E-state index in [1.807, 2.05) is 13.0 Å². The normalized spacial score (nSPS) is 11.3. The van der Waals surface area contributed by atoms with Gasteiger partial charge in [0, 0.05) is 18.8 Å². The van der Waals surface area contributed by atoms with Gasteiger partial charge in [-0.05, 0) is 25.1 Å². The molecule has 0 amide bonds. The Morgan fingerprint density at radius 2 is 1.80 bits per heavy atom. The summed E-state index contributed by atoms with van der Waals surface area (Å²) >= 11 is 0. The molecule has 0 aliphatic carbocycles. The summed E-state index contributed by atoms with van der Waals surface area (Å²) < 4.78 is 35.2. The lowest BCUT2D eigenvalue weighted by molar-refractivity contribution is 0.0570. The molecule has 0 heterocycles. The van der Waals surface area contributed by atoms with Crippen LogP contribution in [0.3, 0.4) is 0 Å². The second-order valence-corrected chi connectivity index (χ2v) is 5.94. The molecule has 6 nitrogen and oxygen atoms in total. The number of hydrogen-bond acceptors (Lipinski definition) is 5. The number of rotatable bonds is 10. The van der Waals surface area contributed by atoms with Gasteiger partial charge in [-0.1, -0.05) is 6.07 Å². The van der Waals surface area contributed by atoms with E-state index in [2.05, 4.69) is 10.0 Å². The Labute approximate surface area is 120 Å². The fourth-order valence-electron chi connectivity index (χ4n) is 1.54. The Morgan fingerprint density at radius 1 is 1.10 bits per heavy atom. The van der Waals surface area contributed by atoms with Crippen molar-refractivity contribution in [2.24, 2.45) is 0 Å². The molecule has 1 aromatic carbocycles. The highest BCUT2D eigenvalue weighted by atomic mass is 32.2. The van der Waals surface area contributed by atoms with Gasteiger partial charge in [0.05, 0.1) is 31.8 Å². The molecule has 0 aliphatic heterocycles. The molecule has 0 atom stereocenters.